The highest BCUT2D eigenvalue weighted by Gasteiger charge is 2.22. The van der Waals surface area contributed by atoms with Gasteiger partial charge in [-0.2, -0.15) is 4.98 Å². The van der Waals surface area contributed by atoms with Crippen LogP contribution in [0.1, 0.15) is 16.8 Å². The molecule has 0 bridgehead atoms. The van der Waals surface area contributed by atoms with Crippen molar-refractivity contribution >= 4 is 5.69 Å². The van der Waals surface area contributed by atoms with Crippen LogP contribution in [0.15, 0.2) is 41.2 Å². The molecule has 0 fully saturated rings. The van der Waals surface area contributed by atoms with Crippen molar-refractivity contribution in [2.45, 2.75) is 19.5 Å². The van der Waals surface area contributed by atoms with E-state index in [9.17, 15) is 4.79 Å². The Balaban J connectivity index is 1.59. The summed E-state index contributed by atoms with van der Waals surface area (Å²) in [6.45, 7) is 1.98. The number of H-pyrrole nitrogens is 1. The minimum Gasteiger partial charge on any atom is -0.481 e. The molecule has 0 aliphatic carbocycles. The van der Waals surface area contributed by atoms with Crippen LogP contribution in [0, 0.1) is 0 Å². The van der Waals surface area contributed by atoms with Crippen molar-refractivity contribution in [2.75, 3.05) is 26.5 Å². The summed E-state index contributed by atoms with van der Waals surface area (Å²) in [6, 6.07) is 11.1. The molecule has 0 unspecified atom stereocenters. The molecule has 8 nitrogen and oxygen atoms in total. The summed E-state index contributed by atoms with van der Waals surface area (Å²) in [5.41, 5.74) is 9.68. The summed E-state index contributed by atoms with van der Waals surface area (Å²) >= 11 is 0. The van der Waals surface area contributed by atoms with Gasteiger partial charge in [0.05, 0.1) is 19.9 Å². The van der Waals surface area contributed by atoms with Gasteiger partial charge in [-0.3, -0.25) is 9.69 Å². The molecule has 1 aliphatic heterocycles. The lowest BCUT2D eigenvalue weighted by Gasteiger charge is -2.28. The standard InChI is InChI=1S/C21H23N5O3/c1-28-18-8-5-14(21(24-18)29-2)11-26-10-9-16-17(12-26)23-19(25-20(16)27)13-3-6-15(22)7-4-13/h3-8H,9-12,22H2,1-2H3,(H,23,25,27). The molecule has 0 radical (unpaired) electrons. The molecule has 0 atom stereocenters. The molecule has 8 heteroatoms. The lowest BCUT2D eigenvalue weighted by Crippen LogP contribution is -2.35. The number of aromatic amines is 1. The molecule has 1 aromatic carbocycles. The number of hydrogen-bond donors (Lipinski definition) is 2. The summed E-state index contributed by atoms with van der Waals surface area (Å²) in [6.07, 6.45) is 0.644. The van der Waals surface area contributed by atoms with E-state index < -0.39 is 0 Å². The number of nitrogen functional groups attached to an aromatic ring is 1. The second-order valence-corrected chi connectivity index (χ2v) is 6.94. The Morgan fingerprint density at radius 2 is 1.90 bits per heavy atom. The predicted octanol–water partition coefficient (Wildman–Crippen LogP) is 1.99. The average Bonchev–Trinajstić information content (AvgIpc) is 2.74. The van der Waals surface area contributed by atoms with Gasteiger partial charge < -0.3 is 20.2 Å². The highest BCUT2D eigenvalue weighted by atomic mass is 16.5. The van der Waals surface area contributed by atoms with Gasteiger partial charge in [0.1, 0.15) is 5.82 Å². The minimum atomic E-state index is -0.0785. The molecular formula is C21H23N5O3. The molecule has 0 saturated heterocycles. The van der Waals surface area contributed by atoms with Crippen LogP contribution in [0.25, 0.3) is 11.4 Å². The van der Waals surface area contributed by atoms with Crippen LogP contribution in [-0.2, 0) is 19.5 Å². The monoisotopic (exact) mass is 393 g/mol. The maximum Gasteiger partial charge on any atom is 0.254 e. The van der Waals surface area contributed by atoms with Crippen molar-refractivity contribution in [3.05, 3.63) is 63.6 Å². The first-order valence-electron chi connectivity index (χ1n) is 9.35. The van der Waals surface area contributed by atoms with Gasteiger partial charge in [0.15, 0.2) is 0 Å². The van der Waals surface area contributed by atoms with Crippen molar-refractivity contribution in [2.24, 2.45) is 0 Å². The van der Waals surface area contributed by atoms with E-state index in [1.165, 1.54) is 0 Å². The molecule has 150 valence electrons. The van der Waals surface area contributed by atoms with Crippen LogP contribution >= 0.6 is 0 Å². The predicted molar refractivity (Wildman–Crippen MR) is 110 cm³/mol. The van der Waals surface area contributed by atoms with Gasteiger partial charge >= 0.3 is 0 Å². The number of nitrogens with one attached hydrogen (secondary N) is 1. The number of hydrogen-bond acceptors (Lipinski definition) is 7. The normalized spacial score (nSPS) is 13.7. The van der Waals surface area contributed by atoms with E-state index in [4.69, 9.17) is 20.2 Å². The molecule has 0 spiro atoms. The third-order valence-electron chi connectivity index (χ3n) is 5.05. The molecule has 4 rings (SSSR count). The van der Waals surface area contributed by atoms with Gasteiger partial charge in [-0.05, 0) is 36.8 Å². The van der Waals surface area contributed by atoms with Crippen molar-refractivity contribution < 1.29 is 9.47 Å². The van der Waals surface area contributed by atoms with Crippen molar-refractivity contribution in [1.29, 1.82) is 0 Å². The summed E-state index contributed by atoms with van der Waals surface area (Å²) in [5.74, 6) is 1.60. The zero-order chi connectivity index (χ0) is 20.4. The number of rotatable bonds is 5. The van der Waals surface area contributed by atoms with Crippen molar-refractivity contribution in [1.82, 2.24) is 19.9 Å². The molecule has 3 N–H and O–H groups in total. The van der Waals surface area contributed by atoms with Gasteiger partial charge in [-0.15, -0.1) is 0 Å². The topological polar surface area (TPSA) is 106 Å². The first kappa shape index (κ1) is 18.9. The fourth-order valence-corrected chi connectivity index (χ4v) is 3.51. The average molecular weight is 393 g/mol. The second kappa shape index (κ2) is 7.92. The summed E-state index contributed by atoms with van der Waals surface area (Å²) in [7, 11) is 3.17. The fourth-order valence-electron chi connectivity index (χ4n) is 3.51. The van der Waals surface area contributed by atoms with E-state index in [-0.39, 0.29) is 5.56 Å². The zero-order valence-corrected chi connectivity index (χ0v) is 16.4. The molecule has 0 saturated carbocycles. The third-order valence-corrected chi connectivity index (χ3v) is 5.05. The fraction of sp³-hybridized carbons (Fsp3) is 0.286. The maximum atomic E-state index is 12.6. The van der Waals surface area contributed by atoms with Crippen LogP contribution in [0.4, 0.5) is 5.69 Å². The van der Waals surface area contributed by atoms with E-state index in [0.29, 0.717) is 42.8 Å². The number of aromatic nitrogens is 3. The van der Waals surface area contributed by atoms with Crippen LogP contribution in [0.5, 0.6) is 11.8 Å². The molecule has 0 amide bonds. The van der Waals surface area contributed by atoms with Crippen LogP contribution < -0.4 is 20.8 Å². The summed E-state index contributed by atoms with van der Waals surface area (Å²) < 4.78 is 10.6. The van der Waals surface area contributed by atoms with Crippen molar-refractivity contribution in [3.8, 4) is 23.1 Å². The molecule has 3 heterocycles. The molecule has 1 aliphatic rings. The van der Waals surface area contributed by atoms with E-state index in [0.717, 1.165) is 28.9 Å². The molecule has 2 aromatic heterocycles. The van der Waals surface area contributed by atoms with Gasteiger partial charge in [-0.25, -0.2) is 4.98 Å². The Morgan fingerprint density at radius 3 is 2.62 bits per heavy atom. The first-order chi connectivity index (χ1) is 14.1. The molecular weight excluding hydrogens is 370 g/mol. The smallest absolute Gasteiger partial charge is 0.254 e. The number of pyridine rings is 1. The van der Waals surface area contributed by atoms with Gasteiger partial charge in [0, 0.05) is 48.1 Å². The number of nitrogens with two attached hydrogens (primary N) is 1. The summed E-state index contributed by atoms with van der Waals surface area (Å²) in [5, 5.41) is 0. The third kappa shape index (κ3) is 3.93. The highest BCUT2D eigenvalue weighted by Crippen LogP contribution is 2.25. The Labute approximate surface area is 168 Å². The summed E-state index contributed by atoms with van der Waals surface area (Å²) in [4.78, 5) is 26.8. The maximum absolute atomic E-state index is 12.6. The number of nitrogens with zero attached hydrogens (tertiary/aromatic N) is 3. The molecule has 3 aromatic rings. The quantitative estimate of drug-likeness (QED) is 0.639. The van der Waals surface area contributed by atoms with Gasteiger partial charge in [0.25, 0.3) is 5.56 Å². The lowest BCUT2D eigenvalue weighted by molar-refractivity contribution is 0.235. The second-order valence-electron chi connectivity index (χ2n) is 6.94. The van der Waals surface area contributed by atoms with E-state index in [1.807, 2.05) is 24.3 Å². The zero-order valence-electron chi connectivity index (χ0n) is 16.4. The number of methoxy groups -OCH3 is 2. The largest absolute Gasteiger partial charge is 0.481 e. The van der Waals surface area contributed by atoms with Crippen LogP contribution in [0.3, 0.4) is 0 Å². The highest BCUT2D eigenvalue weighted by molar-refractivity contribution is 5.58. The van der Waals surface area contributed by atoms with E-state index in [1.54, 1.807) is 26.4 Å². The Kier molecular flexibility index (Phi) is 5.18. The van der Waals surface area contributed by atoms with Crippen molar-refractivity contribution in [3.63, 3.8) is 0 Å². The SMILES string of the molecule is COc1ccc(CN2CCc3c(nc(-c4ccc(N)cc4)[nH]c3=O)C2)c(OC)n1. The minimum absolute atomic E-state index is 0.0785. The first-order valence-corrected chi connectivity index (χ1v) is 9.35. The van der Waals surface area contributed by atoms with Gasteiger partial charge in [0.2, 0.25) is 11.8 Å². The van der Waals surface area contributed by atoms with Gasteiger partial charge in [-0.1, -0.05) is 0 Å². The Bertz CT molecular complexity index is 1080. The van der Waals surface area contributed by atoms with E-state index >= 15 is 0 Å². The Hall–Kier alpha value is -3.39. The number of anilines is 1. The van der Waals surface area contributed by atoms with Crippen LogP contribution in [-0.4, -0.2) is 40.6 Å². The Morgan fingerprint density at radius 1 is 1.10 bits per heavy atom. The van der Waals surface area contributed by atoms with E-state index in [2.05, 4.69) is 14.9 Å². The lowest BCUT2D eigenvalue weighted by atomic mass is 10.1. The molecule has 29 heavy (non-hydrogen) atoms. The number of benzene rings is 1. The number of ether oxygens (including phenoxy) is 2. The number of fused-ring (bicyclic) bond motifs is 1. The van der Waals surface area contributed by atoms with Crippen LogP contribution in [0.2, 0.25) is 0 Å².